The first-order valence-corrected chi connectivity index (χ1v) is 8.10. The summed E-state index contributed by atoms with van der Waals surface area (Å²) in [5, 5.41) is 14.1. The number of rotatable bonds is 5. The minimum atomic E-state index is -0.399. The summed E-state index contributed by atoms with van der Waals surface area (Å²) in [6, 6.07) is 12.4. The van der Waals surface area contributed by atoms with E-state index in [4.69, 9.17) is 9.47 Å². The highest BCUT2D eigenvalue weighted by atomic mass is 127. The van der Waals surface area contributed by atoms with Crippen LogP contribution in [0.1, 0.15) is 11.1 Å². The highest BCUT2D eigenvalue weighted by Gasteiger charge is 2.15. The van der Waals surface area contributed by atoms with E-state index in [0.717, 1.165) is 22.6 Å². The van der Waals surface area contributed by atoms with Crippen LogP contribution in [0.25, 0.3) is 0 Å². The minimum Gasteiger partial charge on any atom is -0.454 e. The zero-order valence-electron chi connectivity index (χ0n) is 15.0. The summed E-state index contributed by atoms with van der Waals surface area (Å²) >= 11 is 0. The molecule has 1 N–H and O–H groups in total. The van der Waals surface area contributed by atoms with Crippen LogP contribution in [0.4, 0.5) is 5.69 Å². The average molecular weight is 484 g/mol. The number of guanidine groups is 1. The van der Waals surface area contributed by atoms with Crippen LogP contribution in [0.3, 0.4) is 0 Å². The number of fused-ring (bicyclic) bond motifs is 1. The van der Waals surface area contributed by atoms with Crippen molar-refractivity contribution in [3.05, 3.63) is 63.7 Å². The van der Waals surface area contributed by atoms with E-state index in [1.165, 1.54) is 6.07 Å². The lowest BCUT2D eigenvalue weighted by molar-refractivity contribution is -0.384. The Labute approximate surface area is 174 Å². The summed E-state index contributed by atoms with van der Waals surface area (Å²) in [5.41, 5.74) is 1.96. The van der Waals surface area contributed by atoms with Crippen molar-refractivity contribution < 1.29 is 14.4 Å². The van der Waals surface area contributed by atoms with Gasteiger partial charge in [-0.15, -0.1) is 24.0 Å². The fraction of sp³-hybridized carbons (Fsp3) is 0.278. The van der Waals surface area contributed by atoms with Crippen LogP contribution in [0, 0.1) is 10.1 Å². The molecule has 0 fully saturated rings. The van der Waals surface area contributed by atoms with Crippen molar-refractivity contribution in [2.75, 3.05) is 20.9 Å². The Kier molecular flexibility index (Phi) is 7.22. The van der Waals surface area contributed by atoms with Crippen LogP contribution < -0.4 is 14.8 Å². The average Bonchev–Trinajstić information content (AvgIpc) is 3.10. The molecule has 144 valence electrons. The first kappa shape index (κ1) is 20.7. The monoisotopic (exact) mass is 484 g/mol. The smallest absolute Gasteiger partial charge is 0.269 e. The number of hydrogen-bond acceptors (Lipinski definition) is 5. The normalized spacial score (nSPS) is 12.3. The zero-order valence-corrected chi connectivity index (χ0v) is 17.4. The predicted molar refractivity (Wildman–Crippen MR) is 113 cm³/mol. The fourth-order valence-electron chi connectivity index (χ4n) is 2.73. The van der Waals surface area contributed by atoms with Gasteiger partial charge in [-0.3, -0.25) is 15.1 Å². The van der Waals surface area contributed by atoms with Gasteiger partial charge in [0, 0.05) is 39.3 Å². The number of aliphatic imine (C=N–C) groups is 1. The lowest BCUT2D eigenvalue weighted by atomic mass is 10.2. The maximum Gasteiger partial charge on any atom is 0.269 e. The topological polar surface area (TPSA) is 89.2 Å². The van der Waals surface area contributed by atoms with E-state index >= 15 is 0 Å². The number of non-ortho nitro benzene ring substituents is 1. The van der Waals surface area contributed by atoms with Gasteiger partial charge in [-0.25, -0.2) is 0 Å². The van der Waals surface area contributed by atoms with Crippen molar-refractivity contribution in [3.63, 3.8) is 0 Å². The second-order valence-electron chi connectivity index (χ2n) is 5.87. The molecule has 0 atom stereocenters. The maximum atomic E-state index is 10.9. The number of benzene rings is 2. The van der Waals surface area contributed by atoms with Crippen molar-refractivity contribution in [1.29, 1.82) is 0 Å². The quantitative estimate of drug-likeness (QED) is 0.231. The predicted octanol–water partition coefficient (Wildman–Crippen LogP) is 3.15. The molecule has 0 bridgehead atoms. The molecule has 0 amide bonds. The molecule has 1 aliphatic heterocycles. The molecular formula is C18H21IN4O4. The first-order valence-electron chi connectivity index (χ1n) is 8.10. The Morgan fingerprint density at radius 2 is 2.00 bits per heavy atom. The van der Waals surface area contributed by atoms with Gasteiger partial charge in [0.2, 0.25) is 6.79 Å². The summed E-state index contributed by atoms with van der Waals surface area (Å²) in [6.45, 7) is 1.33. The van der Waals surface area contributed by atoms with E-state index in [2.05, 4.69) is 10.3 Å². The highest BCUT2D eigenvalue weighted by Crippen LogP contribution is 2.32. The minimum absolute atomic E-state index is 0. The van der Waals surface area contributed by atoms with Crippen LogP contribution in [0.2, 0.25) is 0 Å². The first-order chi connectivity index (χ1) is 12.6. The van der Waals surface area contributed by atoms with E-state index in [9.17, 15) is 10.1 Å². The Balaban J connectivity index is 0.00000261. The number of nitrogens with one attached hydrogen (secondary N) is 1. The van der Waals surface area contributed by atoms with Crippen LogP contribution in [-0.2, 0) is 13.1 Å². The van der Waals surface area contributed by atoms with Crippen LogP contribution in [0.15, 0.2) is 47.5 Å². The second kappa shape index (κ2) is 9.40. The molecule has 27 heavy (non-hydrogen) atoms. The summed E-state index contributed by atoms with van der Waals surface area (Å²) in [5.74, 6) is 2.19. The molecule has 9 heteroatoms. The zero-order chi connectivity index (χ0) is 18.5. The van der Waals surface area contributed by atoms with Crippen molar-refractivity contribution in [1.82, 2.24) is 10.2 Å². The van der Waals surface area contributed by atoms with Gasteiger partial charge in [-0.2, -0.15) is 0 Å². The maximum absolute atomic E-state index is 10.9. The van der Waals surface area contributed by atoms with Gasteiger partial charge < -0.3 is 19.7 Å². The van der Waals surface area contributed by atoms with Crippen molar-refractivity contribution in [2.24, 2.45) is 4.99 Å². The van der Waals surface area contributed by atoms with Gasteiger partial charge in [0.1, 0.15) is 0 Å². The van der Waals surface area contributed by atoms with Crippen molar-refractivity contribution in [3.8, 4) is 11.5 Å². The van der Waals surface area contributed by atoms with Gasteiger partial charge in [-0.1, -0.05) is 18.2 Å². The van der Waals surface area contributed by atoms with E-state index in [0.29, 0.717) is 19.0 Å². The second-order valence-corrected chi connectivity index (χ2v) is 5.87. The third-order valence-corrected chi connectivity index (χ3v) is 4.00. The molecule has 2 aromatic carbocycles. The Hall–Kier alpha value is -2.56. The highest BCUT2D eigenvalue weighted by molar-refractivity contribution is 14.0. The lowest BCUT2D eigenvalue weighted by Gasteiger charge is -2.22. The molecular weight excluding hydrogens is 463 g/mol. The largest absolute Gasteiger partial charge is 0.454 e. The van der Waals surface area contributed by atoms with Crippen LogP contribution in [-0.4, -0.2) is 36.7 Å². The van der Waals surface area contributed by atoms with E-state index in [1.54, 1.807) is 19.2 Å². The Morgan fingerprint density at radius 1 is 1.22 bits per heavy atom. The van der Waals surface area contributed by atoms with Gasteiger partial charge in [0.15, 0.2) is 17.5 Å². The van der Waals surface area contributed by atoms with Gasteiger partial charge >= 0.3 is 0 Å². The molecule has 3 rings (SSSR count). The third-order valence-electron chi connectivity index (χ3n) is 4.00. The van der Waals surface area contributed by atoms with Gasteiger partial charge in [-0.05, 0) is 23.3 Å². The number of nitro benzene ring substituents is 1. The molecule has 0 radical (unpaired) electrons. The van der Waals surface area contributed by atoms with Crippen LogP contribution >= 0.6 is 24.0 Å². The number of halogens is 1. The molecule has 0 spiro atoms. The molecule has 0 aliphatic carbocycles. The molecule has 0 aromatic heterocycles. The molecule has 8 nitrogen and oxygen atoms in total. The summed E-state index contributed by atoms with van der Waals surface area (Å²) in [4.78, 5) is 16.7. The summed E-state index contributed by atoms with van der Waals surface area (Å²) in [6.07, 6.45) is 0. The Morgan fingerprint density at radius 3 is 2.74 bits per heavy atom. The van der Waals surface area contributed by atoms with E-state index < -0.39 is 4.92 Å². The molecule has 2 aromatic rings. The number of ether oxygens (including phenoxy) is 2. The van der Waals surface area contributed by atoms with E-state index in [-0.39, 0.29) is 36.5 Å². The van der Waals surface area contributed by atoms with Gasteiger partial charge in [0.25, 0.3) is 5.69 Å². The summed E-state index contributed by atoms with van der Waals surface area (Å²) < 4.78 is 10.7. The van der Waals surface area contributed by atoms with Crippen molar-refractivity contribution >= 4 is 35.6 Å². The Bertz CT molecular complexity index is 844. The SMILES string of the molecule is CN=C(NCc1cccc([N+](=O)[O-])c1)N(C)Cc1ccc2c(c1)OCO2.I. The van der Waals surface area contributed by atoms with Crippen LogP contribution in [0.5, 0.6) is 11.5 Å². The summed E-state index contributed by atoms with van der Waals surface area (Å²) in [7, 11) is 3.62. The van der Waals surface area contributed by atoms with Gasteiger partial charge in [0.05, 0.1) is 4.92 Å². The number of nitro groups is 1. The lowest BCUT2D eigenvalue weighted by Crippen LogP contribution is -2.38. The molecule has 1 heterocycles. The number of nitrogens with zero attached hydrogens (tertiary/aromatic N) is 3. The van der Waals surface area contributed by atoms with E-state index in [1.807, 2.05) is 36.2 Å². The third kappa shape index (κ3) is 5.22. The standard InChI is InChI=1S/C18H20N4O4.HI/c1-19-18(20-10-13-4-3-5-15(8-13)22(23)24)21(2)11-14-6-7-16-17(9-14)26-12-25-16;/h3-9H,10-12H2,1-2H3,(H,19,20);1H. The fourth-order valence-corrected chi connectivity index (χ4v) is 2.73. The molecule has 1 aliphatic rings. The molecule has 0 unspecified atom stereocenters. The van der Waals surface area contributed by atoms with Crippen molar-refractivity contribution in [2.45, 2.75) is 13.1 Å². The molecule has 0 saturated carbocycles. The molecule has 0 saturated heterocycles. The number of hydrogen-bond donors (Lipinski definition) is 1.